The Kier molecular flexibility index (Phi) is 4.89. The van der Waals surface area contributed by atoms with Crippen LogP contribution in [0.5, 0.6) is 0 Å². The number of nitrogens with zero attached hydrogens (tertiary/aromatic N) is 1. The van der Waals surface area contributed by atoms with Crippen LogP contribution in [-0.2, 0) is 14.3 Å². The van der Waals surface area contributed by atoms with Gasteiger partial charge in [0.2, 0.25) is 5.91 Å². The lowest BCUT2D eigenvalue weighted by atomic mass is 9.98. The highest BCUT2D eigenvalue weighted by molar-refractivity contribution is 7.99. The van der Waals surface area contributed by atoms with Crippen molar-refractivity contribution in [2.45, 2.75) is 30.3 Å². The summed E-state index contributed by atoms with van der Waals surface area (Å²) >= 11 is 1.40. The number of carbonyl (C=O) groups excluding carboxylic acids is 2. The van der Waals surface area contributed by atoms with Crippen molar-refractivity contribution in [2.24, 2.45) is 0 Å². The second kappa shape index (κ2) is 7.60. The molecule has 1 heterocycles. The van der Waals surface area contributed by atoms with E-state index in [0.29, 0.717) is 24.5 Å². The molecule has 3 aliphatic rings. The zero-order valence-electron chi connectivity index (χ0n) is 16.7. The van der Waals surface area contributed by atoms with Gasteiger partial charge < -0.3 is 20.1 Å². The Bertz CT molecular complexity index is 1020. The molecule has 1 atom stereocenters. The third kappa shape index (κ3) is 3.44. The average molecular weight is 439 g/mol. The molecule has 0 spiro atoms. The van der Waals surface area contributed by atoms with E-state index in [-0.39, 0.29) is 18.4 Å². The van der Waals surface area contributed by atoms with E-state index in [4.69, 9.17) is 4.74 Å². The SMILES string of the molecule is O=C(NC1(C(=O)N2CSCC2C(=O)O)CC1)OCC1c2ccccc2-c2ccccc21. The van der Waals surface area contributed by atoms with E-state index in [0.717, 1.165) is 22.3 Å². The fourth-order valence-corrected chi connectivity index (χ4v) is 5.61. The number of rotatable bonds is 5. The van der Waals surface area contributed by atoms with E-state index in [9.17, 15) is 19.5 Å². The quantitative estimate of drug-likeness (QED) is 0.745. The van der Waals surface area contributed by atoms with Gasteiger partial charge >= 0.3 is 12.1 Å². The number of carboxylic acids is 1. The molecule has 5 rings (SSSR count). The fourth-order valence-electron chi connectivity index (χ4n) is 4.47. The maximum Gasteiger partial charge on any atom is 0.408 e. The Morgan fingerprint density at radius 2 is 1.68 bits per heavy atom. The van der Waals surface area contributed by atoms with Gasteiger partial charge in [0.25, 0.3) is 0 Å². The number of amides is 2. The molecule has 2 fully saturated rings. The Morgan fingerprint density at radius 1 is 1.06 bits per heavy atom. The molecular formula is C23H22N2O5S. The number of benzene rings is 2. The summed E-state index contributed by atoms with van der Waals surface area (Å²) in [7, 11) is 0. The van der Waals surface area contributed by atoms with E-state index in [1.807, 2.05) is 36.4 Å². The van der Waals surface area contributed by atoms with Gasteiger partial charge in [-0.25, -0.2) is 9.59 Å². The van der Waals surface area contributed by atoms with Crippen molar-refractivity contribution in [1.29, 1.82) is 0 Å². The summed E-state index contributed by atoms with van der Waals surface area (Å²) in [6, 6.07) is 15.3. The fraction of sp³-hybridized carbons (Fsp3) is 0.348. The van der Waals surface area contributed by atoms with Crippen LogP contribution in [0, 0.1) is 0 Å². The lowest BCUT2D eigenvalue weighted by Gasteiger charge is -2.26. The molecule has 31 heavy (non-hydrogen) atoms. The standard InChI is InChI=1S/C23H22N2O5S/c26-20(27)19-12-31-13-25(19)21(28)23(9-10-23)24-22(29)30-11-18-16-7-3-1-5-14(16)15-6-2-4-8-17(15)18/h1-8,18-19H,9-13H2,(H,24,29)(H,26,27). The number of carboxylic acid groups (broad SMARTS) is 1. The number of nitrogens with one attached hydrogen (secondary N) is 1. The molecule has 0 aromatic heterocycles. The number of carbonyl (C=O) groups is 3. The first-order chi connectivity index (χ1) is 15.0. The number of hydrogen-bond donors (Lipinski definition) is 2. The van der Waals surface area contributed by atoms with Crippen molar-refractivity contribution >= 4 is 29.7 Å². The summed E-state index contributed by atoms with van der Waals surface area (Å²) in [5.41, 5.74) is 3.49. The normalized spacial score (nSPS) is 20.6. The van der Waals surface area contributed by atoms with E-state index in [2.05, 4.69) is 17.4 Å². The smallest absolute Gasteiger partial charge is 0.408 e. The summed E-state index contributed by atoms with van der Waals surface area (Å²) < 4.78 is 5.56. The molecule has 2 aliphatic carbocycles. The maximum atomic E-state index is 12.9. The Labute approximate surface area is 183 Å². The molecule has 2 aromatic rings. The molecule has 2 aromatic carbocycles. The molecule has 2 N–H and O–H groups in total. The first kappa shape index (κ1) is 19.9. The maximum absolute atomic E-state index is 12.9. The van der Waals surface area contributed by atoms with Crippen LogP contribution in [0.1, 0.15) is 29.9 Å². The van der Waals surface area contributed by atoms with Crippen molar-refractivity contribution in [3.05, 3.63) is 59.7 Å². The molecule has 1 saturated heterocycles. The third-order valence-electron chi connectivity index (χ3n) is 6.27. The second-order valence-corrected chi connectivity index (χ2v) is 9.16. The van der Waals surface area contributed by atoms with Crippen LogP contribution in [0.2, 0.25) is 0 Å². The largest absolute Gasteiger partial charge is 0.480 e. The van der Waals surface area contributed by atoms with Gasteiger partial charge in [-0.05, 0) is 35.1 Å². The summed E-state index contributed by atoms with van der Waals surface area (Å²) in [6.07, 6.45) is 0.332. The minimum absolute atomic E-state index is 0.0598. The lowest BCUT2D eigenvalue weighted by molar-refractivity contribution is -0.148. The molecule has 0 radical (unpaired) electrons. The van der Waals surface area contributed by atoms with Crippen molar-refractivity contribution in [3.8, 4) is 11.1 Å². The molecule has 160 valence electrons. The number of thioether (sulfide) groups is 1. The molecular weight excluding hydrogens is 416 g/mol. The molecule has 0 bridgehead atoms. The Morgan fingerprint density at radius 3 is 2.26 bits per heavy atom. The van der Waals surface area contributed by atoms with E-state index < -0.39 is 23.6 Å². The summed E-state index contributed by atoms with van der Waals surface area (Å²) in [6.45, 7) is 0.168. The van der Waals surface area contributed by atoms with E-state index >= 15 is 0 Å². The average Bonchev–Trinajstić information content (AvgIpc) is 3.25. The zero-order valence-corrected chi connectivity index (χ0v) is 17.6. The highest BCUT2D eigenvalue weighted by Gasteiger charge is 2.55. The topological polar surface area (TPSA) is 95.9 Å². The number of fused-ring (bicyclic) bond motifs is 3. The second-order valence-electron chi connectivity index (χ2n) is 8.16. The number of alkyl carbamates (subject to hydrolysis) is 1. The first-order valence-corrected chi connectivity index (χ1v) is 11.4. The molecule has 1 aliphatic heterocycles. The monoisotopic (exact) mass is 438 g/mol. The molecule has 2 amide bonds. The van der Waals surface area contributed by atoms with Crippen molar-refractivity contribution in [2.75, 3.05) is 18.2 Å². The summed E-state index contributed by atoms with van der Waals surface area (Å²) in [4.78, 5) is 38.3. The van der Waals surface area contributed by atoms with Gasteiger partial charge in [0, 0.05) is 11.7 Å². The van der Waals surface area contributed by atoms with Crippen LogP contribution in [0.3, 0.4) is 0 Å². The van der Waals surface area contributed by atoms with Crippen LogP contribution in [0.4, 0.5) is 4.79 Å². The zero-order chi connectivity index (χ0) is 21.6. The van der Waals surface area contributed by atoms with Gasteiger partial charge in [-0.15, -0.1) is 11.8 Å². The Hall–Kier alpha value is -3.00. The molecule has 1 unspecified atom stereocenters. The van der Waals surface area contributed by atoms with Gasteiger partial charge in [-0.2, -0.15) is 0 Å². The minimum atomic E-state index is -1.04. The van der Waals surface area contributed by atoms with Crippen molar-refractivity contribution in [3.63, 3.8) is 0 Å². The first-order valence-electron chi connectivity index (χ1n) is 10.2. The van der Waals surface area contributed by atoms with E-state index in [1.165, 1.54) is 16.7 Å². The van der Waals surface area contributed by atoms with Crippen molar-refractivity contribution < 1.29 is 24.2 Å². The van der Waals surface area contributed by atoms with Gasteiger partial charge in [-0.3, -0.25) is 4.79 Å². The van der Waals surface area contributed by atoms with Crippen LogP contribution < -0.4 is 5.32 Å². The van der Waals surface area contributed by atoms with Crippen LogP contribution in [-0.4, -0.2) is 57.8 Å². The third-order valence-corrected chi connectivity index (χ3v) is 7.28. The van der Waals surface area contributed by atoms with Gasteiger partial charge in [0.15, 0.2) is 0 Å². The Balaban J connectivity index is 1.26. The van der Waals surface area contributed by atoms with Gasteiger partial charge in [0.05, 0.1) is 5.88 Å². The molecule has 7 nitrogen and oxygen atoms in total. The molecule has 1 saturated carbocycles. The summed E-state index contributed by atoms with van der Waals surface area (Å²) in [5.74, 6) is -0.726. The van der Waals surface area contributed by atoms with E-state index in [1.54, 1.807) is 0 Å². The summed E-state index contributed by atoms with van der Waals surface area (Å²) in [5, 5.41) is 12.1. The van der Waals surface area contributed by atoms with Crippen LogP contribution in [0.15, 0.2) is 48.5 Å². The van der Waals surface area contributed by atoms with Crippen LogP contribution >= 0.6 is 11.8 Å². The van der Waals surface area contributed by atoms with Crippen LogP contribution in [0.25, 0.3) is 11.1 Å². The number of aliphatic carboxylic acids is 1. The predicted molar refractivity (Wildman–Crippen MR) is 116 cm³/mol. The minimum Gasteiger partial charge on any atom is -0.480 e. The number of hydrogen-bond acceptors (Lipinski definition) is 5. The molecule has 8 heteroatoms. The highest BCUT2D eigenvalue weighted by Crippen LogP contribution is 2.45. The predicted octanol–water partition coefficient (Wildman–Crippen LogP) is 3.04. The van der Waals surface area contributed by atoms with Crippen molar-refractivity contribution in [1.82, 2.24) is 10.2 Å². The van der Waals surface area contributed by atoms with Gasteiger partial charge in [-0.1, -0.05) is 48.5 Å². The van der Waals surface area contributed by atoms with Gasteiger partial charge in [0.1, 0.15) is 18.2 Å². The lowest BCUT2D eigenvalue weighted by Crippen LogP contribution is -2.54. The number of ether oxygens (including phenoxy) is 1. The highest BCUT2D eigenvalue weighted by atomic mass is 32.2.